The SMILES string of the molecule is O=C(CC1CCCC1)OC(C(=O)O)C1CCCC1.[InH3]. The Balaban J connectivity index is 0.00000180. The van der Waals surface area contributed by atoms with E-state index in [1.54, 1.807) is 0 Å². The molecule has 2 aliphatic rings. The van der Waals surface area contributed by atoms with Crippen molar-refractivity contribution in [3.05, 3.63) is 0 Å². The summed E-state index contributed by atoms with van der Waals surface area (Å²) in [5, 5.41) is 9.17. The molecule has 0 saturated heterocycles. The fourth-order valence-electron chi connectivity index (χ4n) is 3.25. The molecule has 1 unspecified atom stereocenters. The number of hydrogen-bond donors (Lipinski definition) is 1. The second-order valence-electron chi connectivity index (χ2n) is 5.65. The first-order valence-corrected chi connectivity index (χ1v) is 7.09. The third-order valence-electron chi connectivity index (χ3n) is 4.26. The zero-order chi connectivity index (χ0) is 13.0. The molecule has 2 saturated carbocycles. The van der Waals surface area contributed by atoms with E-state index in [4.69, 9.17) is 9.84 Å². The predicted molar refractivity (Wildman–Crippen MR) is 76.0 cm³/mol. The van der Waals surface area contributed by atoms with Gasteiger partial charge in [0.1, 0.15) is 0 Å². The molecule has 0 spiro atoms. The summed E-state index contributed by atoms with van der Waals surface area (Å²) in [6.07, 6.45) is 7.85. The summed E-state index contributed by atoms with van der Waals surface area (Å²) in [6, 6.07) is 0. The summed E-state index contributed by atoms with van der Waals surface area (Å²) in [4.78, 5) is 23.0. The minimum absolute atomic E-state index is 0. The van der Waals surface area contributed by atoms with E-state index in [0.29, 0.717) is 12.3 Å². The van der Waals surface area contributed by atoms with Gasteiger partial charge in [-0.1, -0.05) is 25.7 Å². The van der Waals surface area contributed by atoms with Crippen LogP contribution in [0.25, 0.3) is 0 Å². The quantitative estimate of drug-likeness (QED) is 0.745. The summed E-state index contributed by atoms with van der Waals surface area (Å²) >= 11 is 0. The summed E-state index contributed by atoms with van der Waals surface area (Å²) in [5.41, 5.74) is 0. The van der Waals surface area contributed by atoms with Gasteiger partial charge >= 0.3 is 37.8 Å². The van der Waals surface area contributed by atoms with Crippen molar-refractivity contribution >= 4 is 37.8 Å². The second kappa shape index (κ2) is 8.18. The van der Waals surface area contributed by atoms with E-state index in [2.05, 4.69) is 0 Å². The third-order valence-corrected chi connectivity index (χ3v) is 4.26. The molecule has 108 valence electrons. The van der Waals surface area contributed by atoms with Crippen LogP contribution < -0.4 is 0 Å². The van der Waals surface area contributed by atoms with E-state index in [-0.39, 0.29) is 37.7 Å². The third kappa shape index (κ3) is 5.01. The van der Waals surface area contributed by atoms with Crippen LogP contribution in [0, 0.1) is 11.8 Å². The van der Waals surface area contributed by atoms with Crippen molar-refractivity contribution in [2.24, 2.45) is 11.8 Å². The number of aliphatic carboxylic acids is 1. The molecule has 1 N–H and O–H groups in total. The van der Waals surface area contributed by atoms with Crippen LogP contribution in [0.5, 0.6) is 0 Å². The van der Waals surface area contributed by atoms with Crippen molar-refractivity contribution in [2.75, 3.05) is 0 Å². The summed E-state index contributed by atoms with van der Waals surface area (Å²) in [6.45, 7) is 0. The Morgan fingerprint density at radius 3 is 2.11 bits per heavy atom. The average molecular weight is 372 g/mol. The van der Waals surface area contributed by atoms with Gasteiger partial charge in [0.25, 0.3) is 0 Å². The van der Waals surface area contributed by atoms with Crippen LogP contribution in [-0.2, 0) is 14.3 Å². The first-order chi connectivity index (χ1) is 8.66. The molecule has 0 aliphatic heterocycles. The molecule has 0 aromatic heterocycles. The Morgan fingerprint density at radius 1 is 1.05 bits per heavy atom. The fraction of sp³-hybridized carbons (Fsp3) is 0.857. The molecule has 2 rings (SSSR count). The zero-order valence-electron chi connectivity index (χ0n) is 10.8. The Bertz CT molecular complexity index is 307. The van der Waals surface area contributed by atoms with Gasteiger partial charge in [0.05, 0.1) is 0 Å². The van der Waals surface area contributed by atoms with Crippen LogP contribution in [0.2, 0.25) is 0 Å². The van der Waals surface area contributed by atoms with E-state index in [1.165, 1.54) is 12.8 Å². The molecule has 2 fully saturated rings. The Hall–Kier alpha value is -0.190. The average Bonchev–Trinajstić information content (AvgIpc) is 2.97. The molecule has 0 amide bonds. The number of carbonyl (C=O) groups excluding carboxylic acids is 1. The van der Waals surface area contributed by atoms with Crippen LogP contribution in [0.4, 0.5) is 0 Å². The molecule has 0 aromatic carbocycles. The second-order valence-corrected chi connectivity index (χ2v) is 5.65. The van der Waals surface area contributed by atoms with Gasteiger partial charge in [-0.2, -0.15) is 0 Å². The molecule has 1 atom stereocenters. The topological polar surface area (TPSA) is 63.6 Å². The van der Waals surface area contributed by atoms with Crippen LogP contribution in [0.3, 0.4) is 0 Å². The number of rotatable bonds is 5. The zero-order valence-corrected chi connectivity index (χ0v) is 10.8. The fourth-order valence-corrected chi connectivity index (χ4v) is 3.25. The monoisotopic (exact) mass is 372 g/mol. The Kier molecular flexibility index (Phi) is 7.26. The minimum atomic E-state index is -0.985. The van der Waals surface area contributed by atoms with Gasteiger partial charge in [0, 0.05) is 12.3 Å². The van der Waals surface area contributed by atoms with Crippen LogP contribution in [0.1, 0.15) is 57.8 Å². The standard InChI is InChI=1S/C14H22O4.In.3H/c15-12(9-10-5-1-2-6-10)18-13(14(16)17)11-7-3-4-8-11;;;;/h10-11,13H,1-9H2,(H,16,17);;;;. The van der Waals surface area contributed by atoms with Gasteiger partial charge in [-0.05, 0) is 31.6 Å². The molecule has 0 bridgehead atoms. The number of esters is 1. The predicted octanol–water partition coefficient (Wildman–Crippen LogP) is 1.57. The number of ether oxygens (including phenoxy) is 1. The first-order valence-electron chi connectivity index (χ1n) is 7.09. The van der Waals surface area contributed by atoms with Crippen molar-refractivity contribution in [3.63, 3.8) is 0 Å². The number of carbonyl (C=O) groups is 2. The first kappa shape index (κ1) is 16.9. The normalized spacial score (nSPS) is 21.9. The molecule has 0 aromatic rings. The molecule has 2 aliphatic carbocycles. The maximum absolute atomic E-state index is 11.8. The van der Waals surface area contributed by atoms with Gasteiger partial charge in [0.2, 0.25) is 6.10 Å². The van der Waals surface area contributed by atoms with Crippen LogP contribution in [0.15, 0.2) is 0 Å². The molecule has 0 heterocycles. The summed E-state index contributed by atoms with van der Waals surface area (Å²) in [5.74, 6) is -0.867. The molecule has 4 nitrogen and oxygen atoms in total. The van der Waals surface area contributed by atoms with E-state index in [1.807, 2.05) is 0 Å². The van der Waals surface area contributed by atoms with Gasteiger partial charge < -0.3 is 9.84 Å². The van der Waals surface area contributed by atoms with E-state index in [9.17, 15) is 9.59 Å². The number of hydrogen-bond acceptors (Lipinski definition) is 3. The van der Waals surface area contributed by atoms with Gasteiger partial charge in [-0.3, -0.25) is 4.79 Å². The van der Waals surface area contributed by atoms with Crippen molar-refractivity contribution in [3.8, 4) is 0 Å². The molecular weight excluding hydrogens is 347 g/mol. The summed E-state index contributed by atoms with van der Waals surface area (Å²) < 4.78 is 5.22. The van der Waals surface area contributed by atoms with Gasteiger partial charge in [-0.15, -0.1) is 0 Å². The van der Waals surface area contributed by atoms with Crippen molar-refractivity contribution < 1.29 is 19.4 Å². The van der Waals surface area contributed by atoms with Gasteiger partial charge in [0.15, 0.2) is 0 Å². The Labute approximate surface area is 133 Å². The van der Waals surface area contributed by atoms with E-state index in [0.717, 1.165) is 38.5 Å². The molecule has 19 heavy (non-hydrogen) atoms. The molecule has 5 heteroatoms. The van der Waals surface area contributed by atoms with Crippen LogP contribution in [-0.4, -0.2) is 49.0 Å². The summed E-state index contributed by atoms with van der Waals surface area (Å²) in [7, 11) is 0. The van der Waals surface area contributed by atoms with Crippen LogP contribution >= 0.6 is 0 Å². The van der Waals surface area contributed by atoms with Gasteiger partial charge in [-0.25, -0.2) is 4.79 Å². The molecular formula is C14H25InO4. The number of carboxylic acids is 1. The van der Waals surface area contributed by atoms with E-state index < -0.39 is 12.1 Å². The number of carboxylic acid groups (broad SMARTS) is 1. The maximum atomic E-state index is 11.8. The van der Waals surface area contributed by atoms with E-state index >= 15 is 0 Å². The van der Waals surface area contributed by atoms with Crippen molar-refractivity contribution in [2.45, 2.75) is 63.9 Å². The van der Waals surface area contributed by atoms with Crippen molar-refractivity contribution in [1.82, 2.24) is 0 Å². The Morgan fingerprint density at radius 2 is 1.58 bits per heavy atom. The molecule has 0 radical (unpaired) electrons. The van der Waals surface area contributed by atoms with Crippen molar-refractivity contribution in [1.29, 1.82) is 0 Å².